The van der Waals surface area contributed by atoms with Gasteiger partial charge in [0.15, 0.2) is 0 Å². The van der Waals surface area contributed by atoms with Crippen molar-refractivity contribution in [1.82, 2.24) is 4.98 Å². The second-order valence-electron chi connectivity index (χ2n) is 5.76. The van der Waals surface area contributed by atoms with Crippen molar-refractivity contribution in [3.8, 4) is 17.0 Å². The number of methoxy groups -OCH3 is 1. The molecule has 0 amide bonds. The van der Waals surface area contributed by atoms with Gasteiger partial charge in [-0.1, -0.05) is 36.4 Å². The van der Waals surface area contributed by atoms with Crippen LogP contribution in [0.4, 0.5) is 0 Å². The number of nitrogens with zero attached hydrogens (tertiary/aromatic N) is 1. The number of benzene rings is 3. The summed E-state index contributed by atoms with van der Waals surface area (Å²) in [5, 5.41) is 3.61. The third-order valence-electron chi connectivity index (χ3n) is 4.22. The summed E-state index contributed by atoms with van der Waals surface area (Å²) in [6, 6.07) is 23.0. The Balaban J connectivity index is 2.06. The fourth-order valence-corrected chi connectivity index (χ4v) is 3.04. The van der Waals surface area contributed by atoms with Crippen LogP contribution in [0.15, 0.2) is 66.7 Å². The summed E-state index contributed by atoms with van der Waals surface area (Å²) in [5.74, 6) is 0.856. The molecular formula is C21H17NO. The van der Waals surface area contributed by atoms with Gasteiger partial charge in [-0.3, -0.25) is 0 Å². The number of aryl methyl sites for hydroxylation is 1. The van der Waals surface area contributed by atoms with Gasteiger partial charge in [-0.15, -0.1) is 0 Å². The van der Waals surface area contributed by atoms with Gasteiger partial charge in [-0.05, 0) is 48.2 Å². The molecule has 4 rings (SSSR count). The molecule has 0 spiro atoms. The van der Waals surface area contributed by atoms with E-state index in [1.807, 2.05) is 12.1 Å². The largest absolute Gasteiger partial charge is 0.497 e. The molecule has 0 radical (unpaired) electrons. The normalized spacial score (nSPS) is 11.0. The molecule has 0 bridgehead atoms. The maximum absolute atomic E-state index is 5.26. The summed E-state index contributed by atoms with van der Waals surface area (Å²) in [6.07, 6.45) is 0. The van der Waals surface area contributed by atoms with E-state index in [1.165, 1.54) is 21.7 Å². The zero-order valence-corrected chi connectivity index (χ0v) is 13.2. The van der Waals surface area contributed by atoms with E-state index in [1.54, 1.807) is 7.11 Å². The van der Waals surface area contributed by atoms with Gasteiger partial charge in [0, 0.05) is 16.3 Å². The van der Waals surface area contributed by atoms with Gasteiger partial charge in [0.2, 0.25) is 0 Å². The van der Waals surface area contributed by atoms with Crippen LogP contribution in [0.25, 0.3) is 32.9 Å². The highest BCUT2D eigenvalue weighted by molar-refractivity contribution is 6.10. The number of fused-ring (bicyclic) bond motifs is 3. The van der Waals surface area contributed by atoms with Crippen LogP contribution in [0.5, 0.6) is 5.75 Å². The predicted molar refractivity (Wildman–Crippen MR) is 96.0 cm³/mol. The molecule has 3 aromatic carbocycles. The van der Waals surface area contributed by atoms with Crippen molar-refractivity contribution in [2.45, 2.75) is 6.92 Å². The molecule has 0 fully saturated rings. The van der Waals surface area contributed by atoms with E-state index < -0.39 is 0 Å². The zero-order chi connectivity index (χ0) is 15.8. The van der Waals surface area contributed by atoms with Crippen LogP contribution in [0, 0.1) is 6.92 Å². The van der Waals surface area contributed by atoms with E-state index >= 15 is 0 Å². The lowest BCUT2D eigenvalue weighted by atomic mass is 9.99. The molecule has 1 aromatic heterocycles. The molecule has 4 aromatic rings. The van der Waals surface area contributed by atoms with Gasteiger partial charge in [0.1, 0.15) is 5.75 Å². The molecule has 0 atom stereocenters. The van der Waals surface area contributed by atoms with Crippen molar-refractivity contribution >= 4 is 21.7 Å². The SMILES string of the molecule is COc1ccc(-c2nc3cc(C)ccc3c3ccccc23)cc1. The van der Waals surface area contributed by atoms with Crippen LogP contribution in [-0.2, 0) is 0 Å². The van der Waals surface area contributed by atoms with Gasteiger partial charge < -0.3 is 4.74 Å². The molecule has 23 heavy (non-hydrogen) atoms. The molecule has 2 heteroatoms. The standard InChI is InChI=1S/C21H17NO/c1-14-7-12-18-17-5-3-4-6-19(17)21(22-20(18)13-14)15-8-10-16(23-2)11-9-15/h3-13H,1-2H3. The van der Waals surface area contributed by atoms with E-state index in [9.17, 15) is 0 Å². The quantitative estimate of drug-likeness (QED) is 0.464. The average molecular weight is 299 g/mol. The fourth-order valence-electron chi connectivity index (χ4n) is 3.04. The Morgan fingerprint density at radius 1 is 0.783 bits per heavy atom. The lowest BCUT2D eigenvalue weighted by Crippen LogP contribution is -1.90. The number of pyridine rings is 1. The van der Waals surface area contributed by atoms with Crippen molar-refractivity contribution in [2.75, 3.05) is 7.11 Å². The minimum absolute atomic E-state index is 0.856. The highest BCUT2D eigenvalue weighted by atomic mass is 16.5. The van der Waals surface area contributed by atoms with Crippen LogP contribution in [0.2, 0.25) is 0 Å². The lowest BCUT2D eigenvalue weighted by molar-refractivity contribution is 0.415. The van der Waals surface area contributed by atoms with E-state index in [2.05, 4.69) is 61.5 Å². The highest BCUT2D eigenvalue weighted by Gasteiger charge is 2.10. The fraction of sp³-hybridized carbons (Fsp3) is 0.0952. The van der Waals surface area contributed by atoms with Gasteiger partial charge in [0.05, 0.1) is 18.3 Å². The summed E-state index contributed by atoms with van der Waals surface area (Å²) < 4.78 is 5.26. The van der Waals surface area contributed by atoms with E-state index in [0.29, 0.717) is 0 Å². The van der Waals surface area contributed by atoms with Crippen molar-refractivity contribution in [3.63, 3.8) is 0 Å². The first-order valence-corrected chi connectivity index (χ1v) is 7.70. The molecule has 0 saturated carbocycles. The zero-order valence-electron chi connectivity index (χ0n) is 13.2. The first-order chi connectivity index (χ1) is 11.3. The van der Waals surface area contributed by atoms with E-state index in [-0.39, 0.29) is 0 Å². The predicted octanol–water partition coefficient (Wildman–Crippen LogP) is 5.37. The molecule has 2 nitrogen and oxygen atoms in total. The summed E-state index contributed by atoms with van der Waals surface area (Å²) in [6.45, 7) is 2.10. The molecule has 0 aliphatic carbocycles. The Kier molecular flexibility index (Phi) is 3.23. The monoisotopic (exact) mass is 299 g/mol. The summed E-state index contributed by atoms with van der Waals surface area (Å²) in [5.41, 5.74) is 4.38. The van der Waals surface area contributed by atoms with Crippen LogP contribution in [-0.4, -0.2) is 12.1 Å². The van der Waals surface area contributed by atoms with Crippen LogP contribution < -0.4 is 4.74 Å². The van der Waals surface area contributed by atoms with Crippen molar-refractivity contribution in [2.24, 2.45) is 0 Å². The molecular weight excluding hydrogens is 282 g/mol. The second-order valence-corrected chi connectivity index (χ2v) is 5.76. The Bertz CT molecular complexity index is 1000. The first kappa shape index (κ1) is 13.8. The van der Waals surface area contributed by atoms with Crippen molar-refractivity contribution < 1.29 is 4.74 Å². The second kappa shape index (κ2) is 5.40. The maximum atomic E-state index is 5.26. The van der Waals surface area contributed by atoms with Crippen LogP contribution >= 0.6 is 0 Å². The number of aromatic nitrogens is 1. The van der Waals surface area contributed by atoms with Gasteiger partial charge in [-0.2, -0.15) is 0 Å². The summed E-state index contributed by atoms with van der Waals surface area (Å²) >= 11 is 0. The smallest absolute Gasteiger partial charge is 0.118 e. The van der Waals surface area contributed by atoms with Gasteiger partial charge in [-0.25, -0.2) is 4.98 Å². The van der Waals surface area contributed by atoms with Gasteiger partial charge in [0.25, 0.3) is 0 Å². The number of hydrogen-bond acceptors (Lipinski definition) is 2. The van der Waals surface area contributed by atoms with E-state index in [4.69, 9.17) is 9.72 Å². The average Bonchev–Trinajstić information content (AvgIpc) is 2.61. The summed E-state index contributed by atoms with van der Waals surface area (Å²) in [4.78, 5) is 4.95. The highest BCUT2D eigenvalue weighted by Crippen LogP contribution is 2.33. The Hall–Kier alpha value is -2.87. The molecule has 0 saturated heterocycles. The lowest BCUT2D eigenvalue weighted by Gasteiger charge is -2.11. The Morgan fingerprint density at radius 2 is 1.52 bits per heavy atom. The minimum atomic E-state index is 0.856. The van der Waals surface area contributed by atoms with Crippen molar-refractivity contribution in [1.29, 1.82) is 0 Å². The number of hydrogen-bond donors (Lipinski definition) is 0. The molecule has 0 aliphatic rings. The first-order valence-electron chi connectivity index (χ1n) is 7.70. The van der Waals surface area contributed by atoms with Crippen molar-refractivity contribution in [3.05, 3.63) is 72.3 Å². The molecule has 0 N–H and O–H groups in total. The topological polar surface area (TPSA) is 22.1 Å². The van der Waals surface area contributed by atoms with Gasteiger partial charge >= 0.3 is 0 Å². The maximum Gasteiger partial charge on any atom is 0.118 e. The third-order valence-corrected chi connectivity index (χ3v) is 4.22. The minimum Gasteiger partial charge on any atom is -0.497 e. The molecule has 112 valence electrons. The Morgan fingerprint density at radius 3 is 2.26 bits per heavy atom. The Labute approximate surface area is 135 Å². The summed E-state index contributed by atoms with van der Waals surface area (Å²) in [7, 11) is 1.68. The number of ether oxygens (including phenoxy) is 1. The molecule has 0 aliphatic heterocycles. The molecule has 0 unspecified atom stereocenters. The number of rotatable bonds is 2. The van der Waals surface area contributed by atoms with E-state index in [0.717, 1.165) is 22.5 Å². The third kappa shape index (κ3) is 2.33. The molecule has 1 heterocycles. The van der Waals surface area contributed by atoms with Crippen LogP contribution in [0.1, 0.15) is 5.56 Å². The van der Waals surface area contributed by atoms with Crippen LogP contribution in [0.3, 0.4) is 0 Å².